The molecule has 29 heavy (non-hydrogen) atoms. The Kier molecular flexibility index (Phi) is 7.32. The number of nitrogens with one attached hydrogen (secondary N) is 2. The zero-order valence-corrected chi connectivity index (χ0v) is 16.9. The number of nitrogens with zero attached hydrogens (tertiary/aromatic N) is 3. The van der Waals surface area contributed by atoms with Gasteiger partial charge in [0.15, 0.2) is 11.7 Å². The van der Waals surface area contributed by atoms with E-state index in [1.807, 2.05) is 0 Å². The molecule has 0 aliphatic carbocycles. The molecule has 0 bridgehead atoms. The molecule has 2 N–H and O–H groups in total. The Morgan fingerprint density at radius 1 is 1.21 bits per heavy atom. The molecule has 1 aliphatic rings. The first-order chi connectivity index (χ1) is 14.0. The van der Waals surface area contributed by atoms with Crippen LogP contribution in [0.3, 0.4) is 0 Å². The molecule has 2 heterocycles. The Hall–Kier alpha value is -2.33. The number of aliphatic imine (C=N–C) groups is 1. The van der Waals surface area contributed by atoms with E-state index in [0.717, 1.165) is 48.6 Å². The lowest BCUT2D eigenvalue weighted by molar-refractivity contribution is -0.140. The van der Waals surface area contributed by atoms with Crippen LogP contribution in [-0.2, 0) is 23.9 Å². The van der Waals surface area contributed by atoms with E-state index in [0.29, 0.717) is 30.5 Å². The fourth-order valence-electron chi connectivity index (χ4n) is 2.90. The largest absolute Gasteiger partial charge is 0.434 e. The van der Waals surface area contributed by atoms with Crippen LogP contribution < -0.4 is 15.5 Å². The van der Waals surface area contributed by atoms with Gasteiger partial charge in [-0.05, 0) is 17.7 Å². The molecule has 0 unspecified atom stereocenters. The lowest BCUT2D eigenvalue weighted by Crippen LogP contribution is -2.38. The van der Waals surface area contributed by atoms with Crippen LogP contribution in [0.15, 0.2) is 34.6 Å². The maximum atomic E-state index is 12.6. The number of hydrogen-bond donors (Lipinski definition) is 2. The fraction of sp³-hybridized carbons (Fsp3) is 0.474. The molecule has 2 aromatic rings. The normalized spacial score (nSPS) is 15.4. The summed E-state index contributed by atoms with van der Waals surface area (Å²) >= 11 is 1.02. The van der Waals surface area contributed by atoms with Crippen molar-refractivity contribution >= 4 is 23.0 Å². The Morgan fingerprint density at radius 2 is 1.93 bits per heavy atom. The second-order valence-corrected chi connectivity index (χ2v) is 7.44. The highest BCUT2D eigenvalue weighted by atomic mass is 32.1. The van der Waals surface area contributed by atoms with Gasteiger partial charge in [0.25, 0.3) is 0 Å². The summed E-state index contributed by atoms with van der Waals surface area (Å²) in [5.41, 5.74) is 1.46. The number of morpholine rings is 1. The van der Waals surface area contributed by atoms with Crippen molar-refractivity contribution in [2.24, 2.45) is 4.99 Å². The minimum atomic E-state index is -4.39. The molecule has 1 aliphatic heterocycles. The number of ether oxygens (including phenoxy) is 1. The zero-order chi connectivity index (χ0) is 20.7. The first-order valence-corrected chi connectivity index (χ1v) is 10.2. The number of alkyl halides is 3. The molecule has 1 aromatic carbocycles. The van der Waals surface area contributed by atoms with Crippen LogP contribution >= 0.6 is 11.3 Å². The van der Waals surface area contributed by atoms with Gasteiger partial charge < -0.3 is 20.3 Å². The molecule has 3 rings (SSSR count). The quantitative estimate of drug-likeness (QED) is 0.548. The summed E-state index contributed by atoms with van der Waals surface area (Å²) in [5.74, 6) is 0.592. The smallest absolute Gasteiger partial charge is 0.378 e. The van der Waals surface area contributed by atoms with E-state index in [2.05, 4.69) is 49.8 Å². The van der Waals surface area contributed by atoms with Gasteiger partial charge >= 0.3 is 6.18 Å². The number of benzene rings is 1. The number of hydrogen-bond acceptors (Lipinski definition) is 5. The lowest BCUT2D eigenvalue weighted by Gasteiger charge is -2.28. The number of anilines is 1. The van der Waals surface area contributed by atoms with E-state index in [4.69, 9.17) is 4.74 Å². The van der Waals surface area contributed by atoms with Crippen LogP contribution in [0.4, 0.5) is 18.9 Å². The average molecular weight is 427 g/mol. The minimum absolute atomic E-state index is 0.399. The van der Waals surface area contributed by atoms with E-state index in [1.165, 1.54) is 5.69 Å². The summed E-state index contributed by atoms with van der Waals surface area (Å²) in [6.07, 6.45) is -3.99. The summed E-state index contributed by atoms with van der Waals surface area (Å²) in [4.78, 5) is 10.1. The summed E-state index contributed by atoms with van der Waals surface area (Å²) in [6, 6.07) is 8.33. The number of rotatable bonds is 6. The van der Waals surface area contributed by atoms with E-state index >= 15 is 0 Å². The van der Waals surface area contributed by atoms with Crippen LogP contribution in [0, 0.1) is 0 Å². The van der Waals surface area contributed by atoms with E-state index in [9.17, 15) is 13.2 Å². The van der Waals surface area contributed by atoms with E-state index in [1.54, 1.807) is 7.05 Å². The number of halogens is 3. The molecule has 0 saturated carbocycles. The van der Waals surface area contributed by atoms with Crippen molar-refractivity contribution in [3.8, 4) is 0 Å². The van der Waals surface area contributed by atoms with Crippen molar-refractivity contribution in [3.05, 3.63) is 45.9 Å². The van der Waals surface area contributed by atoms with Gasteiger partial charge in [0.1, 0.15) is 0 Å². The Labute approximate surface area is 171 Å². The molecule has 158 valence electrons. The highest BCUT2D eigenvalue weighted by Crippen LogP contribution is 2.30. The number of thiazole rings is 1. The summed E-state index contributed by atoms with van der Waals surface area (Å²) in [7, 11) is 1.65. The minimum Gasteiger partial charge on any atom is -0.378 e. The van der Waals surface area contributed by atoms with Crippen LogP contribution in [0.1, 0.15) is 16.3 Å². The SMILES string of the molecule is CN=C(NCCc1nc(C(F)(F)F)cs1)NCc1ccc(N2CCOCC2)cc1. The Balaban J connectivity index is 1.42. The maximum Gasteiger partial charge on any atom is 0.434 e. The molecule has 0 spiro atoms. The van der Waals surface area contributed by atoms with Gasteiger partial charge in [-0.15, -0.1) is 11.3 Å². The van der Waals surface area contributed by atoms with Gasteiger partial charge in [0, 0.05) is 50.7 Å². The first-order valence-electron chi connectivity index (χ1n) is 9.33. The van der Waals surface area contributed by atoms with Crippen molar-refractivity contribution in [1.29, 1.82) is 0 Å². The highest BCUT2D eigenvalue weighted by molar-refractivity contribution is 7.09. The highest BCUT2D eigenvalue weighted by Gasteiger charge is 2.33. The maximum absolute atomic E-state index is 12.6. The van der Waals surface area contributed by atoms with Gasteiger partial charge in [-0.1, -0.05) is 12.1 Å². The summed E-state index contributed by atoms with van der Waals surface area (Å²) < 4.78 is 43.1. The van der Waals surface area contributed by atoms with E-state index < -0.39 is 11.9 Å². The number of aromatic nitrogens is 1. The predicted molar refractivity (Wildman–Crippen MR) is 108 cm³/mol. The van der Waals surface area contributed by atoms with Crippen molar-refractivity contribution in [3.63, 3.8) is 0 Å². The zero-order valence-electron chi connectivity index (χ0n) is 16.1. The van der Waals surface area contributed by atoms with E-state index in [-0.39, 0.29) is 0 Å². The molecular formula is C19H24F3N5OS. The monoisotopic (exact) mass is 427 g/mol. The average Bonchev–Trinajstić information content (AvgIpc) is 3.21. The topological polar surface area (TPSA) is 61.8 Å². The standard InChI is InChI=1S/C19H24F3N5OS/c1-23-18(24-7-6-17-26-16(13-29-17)19(20,21)22)25-12-14-2-4-15(5-3-14)27-8-10-28-11-9-27/h2-5,13H,6-12H2,1H3,(H2,23,24,25). The molecule has 0 atom stereocenters. The van der Waals surface area contributed by atoms with Crippen molar-refractivity contribution in [2.45, 2.75) is 19.1 Å². The third-order valence-electron chi connectivity index (χ3n) is 4.47. The predicted octanol–water partition coefficient (Wildman–Crippen LogP) is 2.91. The van der Waals surface area contributed by atoms with Gasteiger partial charge in [-0.2, -0.15) is 13.2 Å². The molecule has 10 heteroatoms. The summed E-state index contributed by atoms with van der Waals surface area (Å²) in [5, 5.41) is 7.80. The van der Waals surface area contributed by atoms with Gasteiger partial charge in [0.05, 0.1) is 18.2 Å². The molecule has 1 aromatic heterocycles. The van der Waals surface area contributed by atoms with Crippen LogP contribution in [0.2, 0.25) is 0 Å². The molecule has 1 saturated heterocycles. The van der Waals surface area contributed by atoms with Gasteiger partial charge in [0.2, 0.25) is 0 Å². The molecular weight excluding hydrogens is 403 g/mol. The Morgan fingerprint density at radius 3 is 2.55 bits per heavy atom. The third-order valence-corrected chi connectivity index (χ3v) is 5.38. The molecule has 6 nitrogen and oxygen atoms in total. The Bertz CT molecular complexity index is 801. The van der Waals surface area contributed by atoms with Gasteiger partial charge in [-0.25, -0.2) is 4.98 Å². The van der Waals surface area contributed by atoms with Crippen molar-refractivity contribution in [1.82, 2.24) is 15.6 Å². The molecule has 0 amide bonds. The molecule has 0 radical (unpaired) electrons. The third kappa shape index (κ3) is 6.33. The fourth-order valence-corrected chi connectivity index (χ4v) is 3.70. The van der Waals surface area contributed by atoms with Crippen LogP contribution in [-0.4, -0.2) is 50.8 Å². The first kappa shape index (κ1) is 21.4. The number of guanidine groups is 1. The molecule has 1 fully saturated rings. The van der Waals surface area contributed by atoms with Crippen LogP contribution in [0.5, 0.6) is 0 Å². The van der Waals surface area contributed by atoms with Crippen molar-refractivity contribution < 1.29 is 17.9 Å². The second kappa shape index (κ2) is 9.93. The van der Waals surface area contributed by atoms with Crippen LogP contribution in [0.25, 0.3) is 0 Å². The lowest BCUT2D eigenvalue weighted by atomic mass is 10.2. The second-order valence-electron chi connectivity index (χ2n) is 6.49. The summed E-state index contributed by atoms with van der Waals surface area (Å²) in [6.45, 7) is 4.35. The van der Waals surface area contributed by atoms with Gasteiger partial charge in [-0.3, -0.25) is 4.99 Å². The van der Waals surface area contributed by atoms with Crippen molar-refractivity contribution in [2.75, 3.05) is 44.8 Å².